The molecule has 0 bridgehead atoms. The van der Waals surface area contributed by atoms with Gasteiger partial charge in [0.1, 0.15) is 0 Å². The van der Waals surface area contributed by atoms with Gasteiger partial charge in [-0.15, -0.1) is 12.4 Å². The SMILES string of the molecule is COC(=O)c1ccc(-c2ccc(CN)cc2)cc1C.Cl. The van der Waals surface area contributed by atoms with Crippen LogP contribution in [0.4, 0.5) is 0 Å². The van der Waals surface area contributed by atoms with Crippen LogP contribution in [0.3, 0.4) is 0 Å². The van der Waals surface area contributed by atoms with E-state index in [4.69, 9.17) is 10.5 Å². The van der Waals surface area contributed by atoms with Crippen molar-refractivity contribution in [1.82, 2.24) is 0 Å². The second kappa shape index (κ2) is 7.08. The summed E-state index contributed by atoms with van der Waals surface area (Å²) in [6, 6.07) is 13.8. The van der Waals surface area contributed by atoms with Crippen molar-refractivity contribution in [1.29, 1.82) is 0 Å². The third-order valence-corrected chi connectivity index (χ3v) is 3.15. The molecule has 4 heteroatoms. The fourth-order valence-corrected chi connectivity index (χ4v) is 2.02. The van der Waals surface area contributed by atoms with Crippen molar-refractivity contribution in [2.24, 2.45) is 5.73 Å². The summed E-state index contributed by atoms with van der Waals surface area (Å²) < 4.78 is 4.74. The number of hydrogen-bond acceptors (Lipinski definition) is 3. The topological polar surface area (TPSA) is 52.3 Å². The molecule has 0 aliphatic carbocycles. The van der Waals surface area contributed by atoms with Gasteiger partial charge in [-0.25, -0.2) is 4.79 Å². The van der Waals surface area contributed by atoms with Crippen molar-refractivity contribution in [2.45, 2.75) is 13.5 Å². The highest BCUT2D eigenvalue weighted by Gasteiger charge is 2.09. The summed E-state index contributed by atoms with van der Waals surface area (Å²) in [6.07, 6.45) is 0. The van der Waals surface area contributed by atoms with Gasteiger partial charge in [-0.3, -0.25) is 0 Å². The van der Waals surface area contributed by atoms with E-state index in [0.717, 1.165) is 22.3 Å². The number of benzene rings is 2. The average molecular weight is 292 g/mol. The number of rotatable bonds is 3. The summed E-state index contributed by atoms with van der Waals surface area (Å²) in [6.45, 7) is 2.45. The van der Waals surface area contributed by atoms with E-state index in [1.54, 1.807) is 6.07 Å². The van der Waals surface area contributed by atoms with E-state index in [-0.39, 0.29) is 18.4 Å². The molecule has 106 valence electrons. The Kier molecular flexibility index (Phi) is 5.74. The maximum atomic E-state index is 11.5. The molecular formula is C16H18ClNO2. The zero-order valence-electron chi connectivity index (χ0n) is 11.6. The molecule has 0 aromatic heterocycles. The van der Waals surface area contributed by atoms with Crippen LogP contribution in [0.2, 0.25) is 0 Å². The van der Waals surface area contributed by atoms with Crippen LogP contribution in [0.5, 0.6) is 0 Å². The Morgan fingerprint density at radius 3 is 2.20 bits per heavy atom. The van der Waals surface area contributed by atoms with Crippen LogP contribution in [0.25, 0.3) is 11.1 Å². The molecule has 2 rings (SSSR count). The molecule has 2 N–H and O–H groups in total. The molecule has 0 heterocycles. The van der Waals surface area contributed by atoms with E-state index in [9.17, 15) is 4.79 Å². The molecule has 0 saturated carbocycles. The molecule has 0 unspecified atom stereocenters. The molecule has 0 aliphatic heterocycles. The van der Waals surface area contributed by atoms with Gasteiger partial charge in [0.2, 0.25) is 0 Å². The van der Waals surface area contributed by atoms with Gasteiger partial charge in [-0.1, -0.05) is 36.4 Å². The van der Waals surface area contributed by atoms with Crippen molar-refractivity contribution in [3.63, 3.8) is 0 Å². The summed E-state index contributed by atoms with van der Waals surface area (Å²) in [5.74, 6) is -0.303. The Bertz CT molecular complexity index is 594. The molecule has 0 fully saturated rings. The lowest BCUT2D eigenvalue weighted by Crippen LogP contribution is -2.03. The van der Waals surface area contributed by atoms with Crippen LogP contribution in [0.1, 0.15) is 21.5 Å². The predicted molar refractivity (Wildman–Crippen MR) is 83.1 cm³/mol. The normalized spacial score (nSPS) is 9.75. The first-order valence-corrected chi connectivity index (χ1v) is 6.14. The van der Waals surface area contributed by atoms with Gasteiger partial charge < -0.3 is 10.5 Å². The zero-order chi connectivity index (χ0) is 13.8. The minimum atomic E-state index is -0.303. The van der Waals surface area contributed by atoms with Gasteiger partial charge in [0.05, 0.1) is 12.7 Å². The molecule has 0 radical (unpaired) electrons. The Hall–Kier alpha value is -1.84. The highest BCUT2D eigenvalue weighted by atomic mass is 35.5. The first kappa shape index (κ1) is 16.2. The third-order valence-electron chi connectivity index (χ3n) is 3.15. The first-order valence-electron chi connectivity index (χ1n) is 6.14. The quantitative estimate of drug-likeness (QED) is 0.883. The van der Waals surface area contributed by atoms with Gasteiger partial charge in [-0.2, -0.15) is 0 Å². The molecule has 0 aliphatic rings. The number of nitrogens with two attached hydrogens (primary N) is 1. The lowest BCUT2D eigenvalue weighted by atomic mass is 9.99. The second-order valence-electron chi connectivity index (χ2n) is 4.42. The lowest BCUT2D eigenvalue weighted by molar-refractivity contribution is 0.0600. The number of methoxy groups -OCH3 is 1. The van der Waals surface area contributed by atoms with Gasteiger partial charge >= 0.3 is 5.97 Å². The molecule has 0 atom stereocenters. The van der Waals surface area contributed by atoms with E-state index in [1.807, 2.05) is 43.3 Å². The molecular weight excluding hydrogens is 274 g/mol. The van der Waals surface area contributed by atoms with Gasteiger partial charge in [-0.05, 0) is 35.2 Å². The van der Waals surface area contributed by atoms with E-state index < -0.39 is 0 Å². The fraction of sp³-hybridized carbons (Fsp3) is 0.188. The largest absolute Gasteiger partial charge is 0.465 e. The molecule has 0 saturated heterocycles. The van der Waals surface area contributed by atoms with Crippen molar-refractivity contribution >= 4 is 18.4 Å². The summed E-state index contributed by atoms with van der Waals surface area (Å²) >= 11 is 0. The molecule has 0 spiro atoms. The van der Waals surface area contributed by atoms with Gasteiger partial charge in [0.15, 0.2) is 0 Å². The van der Waals surface area contributed by atoms with E-state index in [0.29, 0.717) is 12.1 Å². The zero-order valence-corrected chi connectivity index (χ0v) is 12.4. The van der Waals surface area contributed by atoms with E-state index in [2.05, 4.69) is 0 Å². The number of halogens is 1. The van der Waals surface area contributed by atoms with Crippen LogP contribution >= 0.6 is 12.4 Å². The summed E-state index contributed by atoms with van der Waals surface area (Å²) in [5.41, 5.74) is 10.4. The number of hydrogen-bond donors (Lipinski definition) is 1. The standard InChI is InChI=1S/C16H17NO2.ClH/c1-11-9-14(7-8-15(11)16(18)19-2)13-5-3-12(10-17)4-6-13;/h3-9H,10,17H2,1-2H3;1H. The van der Waals surface area contributed by atoms with Crippen LogP contribution in [-0.4, -0.2) is 13.1 Å². The Balaban J connectivity index is 0.00000200. The Labute approximate surface area is 125 Å². The first-order chi connectivity index (χ1) is 9.15. The minimum Gasteiger partial charge on any atom is -0.465 e. The summed E-state index contributed by atoms with van der Waals surface area (Å²) in [4.78, 5) is 11.5. The van der Waals surface area contributed by atoms with Gasteiger partial charge in [0.25, 0.3) is 0 Å². The maximum Gasteiger partial charge on any atom is 0.338 e. The fourth-order valence-electron chi connectivity index (χ4n) is 2.02. The van der Waals surface area contributed by atoms with E-state index in [1.165, 1.54) is 7.11 Å². The molecule has 2 aromatic rings. The third kappa shape index (κ3) is 3.38. The summed E-state index contributed by atoms with van der Waals surface area (Å²) in [5, 5.41) is 0. The van der Waals surface area contributed by atoms with Gasteiger partial charge in [0, 0.05) is 6.54 Å². The number of carbonyl (C=O) groups excluding carboxylic acids is 1. The van der Waals surface area contributed by atoms with Crippen LogP contribution in [0.15, 0.2) is 42.5 Å². The Morgan fingerprint density at radius 2 is 1.70 bits per heavy atom. The predicted octanol–water partition coefficient (Wildman–Crippen LogP) is 3.33. The smallest absolute Gasteiger partial charge is 0.338 e. The van der Waals surface area contributed by atoms with Crippen LogP contribution < -0.4 is 5.73 Å². The highest BCUT2D eigenvalue weighted by Crippen LogP contribution is 2.23. The van der Waals surface area contributed by atoms with Crippen LogP contribution in [0, 0.1) is 6.92 Å². The average Bonchev–Trinajstić information content (AvgIpc) is 2.46. The Morgan fingerprint density at radius 1 is 1.10 bits per heavy atom. The van der Waals surface area contributed by atoms with Crippen molar-refractivity contribution in [2.75, 3.05) is 7.11 Å². The lowest BCUT2D eigenvalue weighted by Gasteiger charge is -2.08. The molecule has 0 amide bonds. The maximum absolute atomic E-state index is 11.5. The minimum absolute atomic E-state index is 0. The van der Waals surface area contributed by atoms with Crippen molar-refractivity contribution in [3.05, 3.63) is 59.2 Å². The summed E-state index contributed by atoms with van der Waals surface area (Å²) in [7, 11) is 1.39. The molecule has 2 aromatic carbocycles. The monoisotopic (exact) mass is 291 g/mol. The van der Waals surface area contributed by atoms with Crippen LogP contribution in [-0.2, 0) is 11.3 Å². The number of ether oxygens (including phenoxy) is 1. The molecule has 3 nitrogen and oxygen atoms in total. The van der Waals surface area contributed by atoms with Crippen molar-refractivity contribution in [3.8, 4) is 11.1 Å². The van der Waals surface area contributed by atoms with Crippen molar-refractivity contribution < 1.29 is 9.53 Å². The number of aryl methyl sites for hydroxylation is 1. The van der Waals surface area contributed by atoms with E-state index >= 15 is 0 Å². The second-order valence-corrected chi connectivity index (χ2v) is 4.42. The number of carbonyl (C=O) groups is 1. The highest BCUT2D eigenvalue weighted by molar-refractivity contribution is 5.91. The molecule has 20 heavy (non-hydrogen) atoms. The number of esters is 1.